The quantitative estimate of drug-likeness (QED) is 0.644. The van der Waals surface area contributed by atoms with Crippen LogP contribution in [0.2, 0.25) is 0 Å². The average molecular weight is 300 g/mol. The molecule has 0 aromatic rings. The first kappa shape index (κ1) is 17.7. The largest absolute Gasteiger partial charge is 0.480 e. The van der Waals surface area contributed by atoms with Crippen LogP contribution < -0.4 is 10.6 Å². The molecule has 0 aliphatic carbocycles. The Balaban J connectivity index is 2.43. The van der Waals surface area contributed by atoms with Gasteiger partial charge in [0.2, 0.25) is 0 Å². The van der Waals surface area contributed by atoms with Crippen molar-refractivity contribution in [2.75, 3.05) is 40.3 Å². The topological polar surface area (TPSA) is 84.9 Å². The minimum absolute atomic E-state index is 0.100. The SMILES string of the molecule is CCC(C)C(NC(=O)NCC1CN(C)CCN1C)C(=O)O. The number of hydrogen-bond donors (Lipinski definition) is 3. The van der Waals surface area contributed by atoms with Crippen LogP contribution in [0.25, 0.3) is 0 Å². The van der Waals surface area contributed by atoms with Gasteiger partial charge >= 0.3 is 12.0 Å². The summed E-state index contributed by atoms with van der Waals surface area (Å²) in [5, 5.41) is 14.5. The third kappa shape index (κ3) is 5.51. The van der Waals surface area contributed by atoms with Gasteiger partial charge in [0.25, 0.3) is 0 Å². The van der Waals surface area contributed by atoms with Gasteiger partial charge in [0.05, 0.1) is 0 Å². The first-order valence-electron chi connectivity index (χ1n) is 7.51. The van der Waals surface area contributed by atoms with Gasteiger partial charge in [-0.05, 0) is 20.0 Å². The second-order valence-corrected chi connectivity index (χ2v) is 5.95. The fourth-order valence-electron chi connectivity index (χ4n) is 2.41. The van der Waals surface area contributed by atoms with Crippen molar-refractivity contribution in [2.45, 2.75) is 32.4 Å². The van der Waals surface area contributed by atoms with Crippen LogP contribution in [0.1, 0.15) is 20.3 Å². The molecule has 122 valence electrons. The van der Waals surface area contributed by atoms with E-state index in [0.29, 0.717) is 13.0 Å². The van der Waals surface area contributed by atoms with Crippen LogP contribution in [0.4, 0.5) is 4.79 Å². The van der Waals surface area contributed by atoms with Crippen LogP contribution in [0.5, 0.6) is 0 Å². The van der Waals surface area contributed by atoms with E-state index in [4.69, 9.17) is 5.11 Å². The molecule has 21 heavy (non-hydrogen) atoms. The molecule has 1 heterocycles. The van der Waals surface area contributed by atoms with Crippen molar-refractivity contribution in [3.05, 3.63) is 0 Å². The lowest BCUT2D eigenvalue weighted by atomic mass is 9.99. The molecule has 2 amide bonds. The number of nitrogens with one attached hydrogen (secondary N) is 2. The molecule has 1 aliphatic heterocycles. The molecule has 0 spiro atoms. The standard InChI is InChI=1S/C14H28N4O3/c1-5-10(2)12(13(19)20)16-14(21)15-8-11-9-17(3)6-7-18(11)4/h10-12H,5-9H2,1-4H3,(H,19,20)(H2,15,16,21). The molecule has 0 saturated carbocycles. The number of hydrogen-bond acceptors (Lipinski definition) is 4. The summed E-state index contributed by atoms with van der Waals surface area (Å²) in [4.78, 5) is 27.5. The zero-order chi connectivity index (χ0) is 16.0. The van der Waals surface area contributed by atoms with Gasteiger partial charge in [0.1, 0.15) is 6.04 Å². The Kier molecular flexibility index (Phi) is 6.91. The summed E-state index contributed by atoms with van der Waals surface area (Å²) in [5.41, 5.74) is 0. The van der Waals surface area contributed by atoms with Crippen LogP contribution in [-0.2, 0) is 4.79 Å². The number of carboxylic acid groups (broad SMARTS) is 1. The van der Waals surface area contributed by atoms with E-state index in [-0.39, 0.29) is 12.0 Å². The van der Waals surface area contributed by atoms with Gasteiger partial charge in [-0.2, -0.15) is 0 Å². The fraction of sp³-hybridized carbons (Fsp3) is 0.857. The van der Waals surface area contributed by atoms with Crippen LogP contribution in [0, 0.1) is 5.92 Å². The zero-order valence-electron chi connectivity index (χ0n) is 13.4. The summed E-state index contributed by atoms with van der Waals surface area (Å²) in [6.07, 6.45) is 0.702. The van der Waals surface area contributed by atoms with Crippen molar-refractivity contribution < 1.29 is 14.7 Å². The van der Waals surface area contributed by atoms with Gasteiger partial charge in [-0.3, -0.25) is 4.90 Å². The normalized spacial score (nSPS) is 23.3. The lowest BCUT2D eigenvalue weighted by Gasteiger charge is -2.37. The molecule has 7 nitrogen and oxygen atoms in total. The maximum atomic E-state index is 11.9. The summed E-state index contributed by atoms with van der Waals surface area (Å²) in [6.45, 7) is 7.13. The number of rotatable bonds is 6. The second kappa shape index (κ2) is 8.19. The van der Waals surface area contributed by atoms with Crippen molar-refractivity contribution in [3.8, 4) is 0 Å². The molecule has 0 radical (unpaired) electrons. The number of urea groups is 1. The highest BCUT2D eigenvalue weighted by Gasteiger charge is 2.26. The third-order valence-corrected chi connectivity index (χ3v) is 4.24. The molecule has 1 saturated heterocycles. The summed E-state index contributed by atoms with van der Waals surface area (Å²) in [5.74, 6) is -1.09. The van der Waals surface area contributed by atoms with E-state index >= 15 is 0 Å². The van der Waals surface area contributed by atoms with Crippen molar-refractivity contribution in [1.82, 2.24) is 20.4 Å². The monoisotopic (exact) mass is 300 g/mol. The van der Waals surface area contributed by atoms with E-state index in [1.54, 1.807) is 0 Å². The summed E-state index contributed by atoms with van der Waals surface area (Å²) < 4.78 is 0. The number of carboxylic acids is 1. The highest BCUT2D eigenvalue weighted by atomic mass is 16.4. The molecule has 1 fully saturated rings. The number of carbonyl (C=O) groups excluding carboxylic acids is 1. The molecular weight excluding hydrogens is 272 g/mol. The Morgan fingerprint density at radius 2 is 2.00 bits per heavy atom. The number of aliphatic carboxylic acids is 1. The van der Waals surface area contributed by atoms with Gasteiger partial charge in [-0.1, -0.05) is 20.3 Å². The van der Waals surface area contributed by atoms with E-state index < -0.39 is 18.0 Å². The van der Waals surface area contributed by atoms with Crippen molar-refractivity contribution in [1.29, 1.82) is 0 Å². The molecule has 0 aromatic carbocycles. The maximum absolute atomic E-state index is 11.9. The smallest absolute Gasteiger partial charge is 0.326 e. The first-order chi connectivity index (χ1) is 9.85. The molecule has 3 N–H and O–H groups in total. The molecule has 3 atom stereocenters. The van der Waals surface area contributed by atoms with Gasteiger partial charge < -0.3 is 20.6 Å². The molecule has 0 aromatic heterocycles. The minimum Gasteiger partial charge on any atom is -0.480 e. The molecule has 3 unspecified atom stereocenters. The Bertz CT molecular complexity index is 364. The number of amides is 2. The highest BCUT2D eigenvalue weighted by molar-refractivity contribution is 5.82. The van der Waals surface area contributed by atoms with E-state index in [1.807, 2.05) is 20.9 Å². The predicted molar refractivity (Wildman–Crippen MR) is 81.3 cm³/mol. The van der Waals surface area contributed by atoms with Crippen LogP contribution in [0.15, 0.2) is 0 Å². The minimum atomic E-state index is -0.992. The van der Waals surface area contributed by atoms with E-state index in [2.05, 4.69) is 27.5 Å². The Labute approximate surface area is 126 Å². The van der Waals surface area contributed by atoms with E-state index in [1.165, 1.54) is 0 Å². The van der Waals surface area contributed by atoms with Crippen molar-refractivity contribution in [3.63, 3.8) is 0 Å². The Hall–Kier alpha value is -1.34. The van der Waals surface area contributed by atoms with E-state index in [9.17, 15) is 9.59 Å². The van der Waals surface area contributed by atoms with Gasteiger partial charge in [-0.15, -0.1) is 0 Å². The lowest BCUT2D eigenvalue weighted by molar-refractivity contribution is -0.140. The summed E-state index contributed by atoms with van der Waals surface area (Å²) in [6, 6.07) is -1.01. The number of carbonyl (C=O) groups is 2. The number of piperazine rings is 1. The first-order valence-corrected chi connectivity index (χ1v) is 7.51. The zero-order valence-corrected chi connectivity index (χ0v) is 13.4. The Morgan fingerprint density at radius 3 is 2.57 bits per heavy atom. The van der Waals surface area contributed by atoms with Crippen LogP contribution in [-0.4, -0.2) is 79.3 Å². The molecule has 7 heteroatoms. The van der Waals surface area contributed by atoms with Gasteiger partial charge in [0, 0.05) is 32.2 Å². The van der Waals surface area contributed by atoms with Gasteiger partial charge in [0.15, 0.2) is 0 Å². The Morgan fingerprint density at radius 1 is 1.33 bits per heavy atom. The van der Waals surface area contributed by atoms with Crippen molar-refractivity contribution in [2.24, 2.45) is 5.92 Å². The lowest BCUT2D eigenvalue weighted by Crippen LogP contribution is -2.56. The number of likely N-dealkylation sites (N-methyl/N-ethyl adjacent to an activating group) is 2. The van der Waals surface area contributed by atoms with Crippen molar-refractivity contribution >= 4 is 12.0 Å². The average Bonchev–Trinajstić information content (AvgIpc) is 2.44. The fourth-order valence-corrected chi connectivity index (χ4v) is 2.41. The van der Waals surface area contributed by atoms with Crippen LogP contribution in [0.3, 0.4) is 0 Å². The maximum Gasteiger partial charge on any atom is 0.326 e. The molecule has 1 rings (SSSR count). The highest BCUT2D eigenvalue weighted by Crippen LogP contribution is 2.08. The number of nitrogens with zero attached hydrogens (tertiary/aromatic N) is 2. The summed E-state index contributed by atoms with van der Waals surface area (Å²) in [7, 11) is 4.10. The van der Waals surface area contributed by atoms with Crippen LogP contribution >= 0.6 is 0 Å². The van der Waals surface area contributed by atoms with E-state index in [0.717, 1.165) is 19.6 Å². The second-order valence-electron chi connectivity index (χ2n) is 5.95. The molecule has 0 bridgehead atoms. The summed E-state index contributed by atoms with van der Waals surface area (Å²) >= 11 is 0. The third-order valence-electron chi connectivity index (χ3n) is 4.24. The molecular formula is C14H28N4O3. The predicted octanol–water partition coefficient (Wildman–Crippen LogP) is 0.0307. The molecule has 1 aliphatic rings. The van der Waals surface area contributed by atoms with Gasteiger partial charge in [-0.25, -0.2) is 9.59 Å².